The molecule has 0 aromatic heterocycles. The maximum atomic E-state index is 13.3. The number of rotatable bonds is 5. The van der Waals surface area contributed by atoms with Crippen LogP contribution in [0.15, 0.2) is 46.9 Å². The first-order valence-electron chi connectivity index (χ1n) is 6.71. The molecule has 2 N–H and O–H groups in total. The van der Waals surface area contributed by atoms with Crippen molar-refractivity contribution in [1.82, 2.24) is 0 Å². The summed E-state index contributed by atoms with van der Waals surface area (Å²) in [6.07, 6.45) is 0.964. The zero-order chi connectivity index (χ0) is 15.2. The monoisotopic (exact) mass is 350 g/mol. The van der Waals surface area contributed by atoms with E-state index in [1.807, 2.05) is 12.1 Å². The highest BCUT2D eigenvalue weighted by Crippen LogP contribution is 2.25. The average molecular weight is 351 g/mol. The van der Waals surface area contributed by atoms with Crippen LogP contribution in [-0.4, -0.2) is 12.5 Å². The van der Waals surface area contributed by atoms with Crippen LogP contribution in [0.5, 0.6) is 0 Å². The van der Waals surface area contributed by atoms with E-state index >= 15 is 0 Å². The Labute approximate surface area is 131 Å². The van der Waals surface area contributed by atoms with E-state index in [4.69, 9.17) is 0 Å². The van der Waals surface area contributed by atoms with Crippen LogP contribution < -0.4 is 10.6 Å². The van der Waals surface area contributed by atoms with Crippen LogP contribution in [0.2, 0.25) is 0 Å². The molecule has 3 nitrogen and oxygen atoms in total. The first-order valence-corrected chi connectivity index (χ1v) is 7.50. The molecule has 0 radical (unpaired) electrons. The summed E-state index contributed by atoms with van der Waals surface area (Å²) in [4.78, 5) is 12.4. The van der Waals surface area contributed by atoms with Gasteiger partial charge in [0, 0.05) is 16.7 Å². The number of benzene rings is 2. The Kier molecular flexibility index (Phi) is 5.33. The number of hydrogen-bond donors (Lipinski definition) is 2. The van der Waals surface area contributed by atoms with Gasteiger partial charge in [0.15, 0.2) is 0 Å². The highest BCUT2D eigenvalue weighted by atomic mass is 79.9. The predicted molar refractivity (Wildman–Crippen MR) is 87.3 cm³/mol. The molecule has 1 amide bonds. The van der Waals surface area contributed by atoms with Gasteiger partial charge in [0.1, 0.15) is 5.82 Å². The molecule has 0 aliphatic heterocycles. The van der Waals surface area contributed by atoms with Crippen LogP contribution in [0.4, 0.5) is 15.8 Å². The van der Waals surface area contributed by atoms with Crippen molar-refractivity contribution in [2.24, 2.45) is 0 Å². The Morgan fingerprint density at radius 3 is 2.71 bits per heavy atom. The number of para-hydroxylation sites is 1. The topological polar surface area (TPSA) is 41.1 Å². The Balaban J connectivity index is 2.22. The molecule has 0 aliphatic carbocycles. The van der Waals surface area contributed by atoms with Crippen molar-refractivity contribution in [3.63, 3.8) is 0 Å². The van der Waals surface area contributed by atoms with Gasteiger partial charge in [-0.3, -0.25) is 4.79 Å². The molecule has 110 valence electrons. The van der Waals surface area contributed by atoms with Crippen molar-refractivity contribution >= 4 is 33.2 Å². The Morgan fingerprint density at radius 2 is 1.95 bits per heavy atom. The molecule has 0 aliphatic rings. The van der Waals surface area contributed by atoms with Crippen LogP contribution in [0.1, 0.15) is 23.7 Å². The van der Waals surface area contributed by atoms with E-state index in [9.17, 15) is 9.18 Å². The lowest BCUT2D eigenvalue weighted by molar-refractivity contribution is 0.102. The van der Waals surface area contributed by atoms with E-state index in [0.717, 1.165) is 18.7 Å². The van der Waals surface area contributed by atoms with Gasteiger partial charge in [0.05, 0.1) is 11.3 Å². The molecule has 0 bridgehead atoms. The van der Waals surface area contributed by atoms with Gasteiger partial charge < -0.3 is 10.6 Å². The second kappa shape index (κ2) is 7.22. The smallest absolute Gasteiger partial charge is 0.257 e. The molecule has 0 fully saturated rings. The van der Waals surface area contributed by atoms with E-state index in [1.54, 1.807) is 18.2 Å². The lowest BCUT2D eigenvalue weighted by Gasteiger charge is -2.12. The largest absolute Gasteiger partial charge is 0.384 e. The predicted octanol–water partition coefficient (Wildman–Crippen LogP) is 4.66. The van der Waals surface area contributed by atoms with Gasteiger partial charge in [0.2, 0.25) is 0 Å². The number of carbonyl (C=O) groups excluding carboxylic acids is 1. The zero-order valence-corrected chi connectivity index (χ0v) is 13.2. The summed E-state index contributed by atoms with van der Waals surface area (Å²) in [6, 6.07) is 11.4. The van der Waals surface area contributed by atoms with E-state index in [2.05, 4.69) is 33.5 Å². The second-order valence-electron chi connectivity index (χ2n) is 4.55. The molecule has 2 aromatic rings. The molecular weight excluding hydrogens is 335 g/mol. The molecule has 0 spiro atoms. The fourth-order valence-electron chi connectivity index (χ4n) is 1.88. The van der Waals surface area contributed by atoms with Gasteiger partial charge in [-0.25, -0.2) is 4.39 Å². The van der Waals surface area contributed by atoms with Crippen molar-refractivity contribution in [1.29, 1.82) is 0 Å². The molecule has 0 atom stereocenters. The molecular formula is C16H16BrFN2O. The highest BCUT2D eigenvalue weighted by Gasteiger charge is 2.12. The minimum Gasteiger partial charge on any atom is -0.384 e. The second-order valence-corrected chi connectivity index (χ2v) is 5.40. The third-order valence-electron chi connectivity index (χ3n) is 2.91. The third kappa shape index (κ3) is 4.04. The van der Waals surface area contributed by atoms with Gasteiger partial charge in [-0.05, 0) is 52.7 Å². The first-order chi connectivity index (χ1) is 10.1. The summed E-state index contributed by atoms with van der Waals surface area (Å²) in [6.45, 7) is 2.84. The summed E-state index contributed by atoms with van der Waals surface area (Å²) >= 11 is 3.29. The van der Waals surface area contributed by atoms with Crippen molar-refractivity contribution in [2.75, 3.05) is 17.2 Å². The van der Waals surface area contributed by atoms with E-state index in [-0.39, 0.29) is 5.91 Å². The van der Waals surface area contributed by atoms with Gasteiger partial charge in [-0.2, -0.15) is 0 Å². The van der Waals surface area contributed by atoms with Crippen LogP contribution >= 0.6 is 15.9 Å². The van der Waals surface area contributed by atoms with Crippen LogP contribution in [-0.2, 0) is 0 Å². The first kappa shape index (κ1) is 15.5. The van der Waals surface area contributed by atoms with Crippen molar-refractivity contribution < 1.29 is 9.18 Å². The molecule has 2 aromatic carbocycles. The van der Waals surface area contributed by atoms with Crippen LogP contribution in [0.25, 0.3) is 0 Å². The maximum absolute atomic E-state index is 13.3. The lowest BCUT2D eigenvalue weighted by Crippen LogP contribution is -2.15. The molecule has 0 unspecified atom stereocenters. The van der Waals surface area contributed by atoms with Crippen molar-refractivity contribution in [2.45, 2.75) is 13.3 Å². The number of carbonyl (C=O) groups is 1. The van der Waals surface area contributed by atoms with E-state index < -0.39 is 5.82 Å². The average Bonchev–Trinajstić information content (AvgIpc) is 2.49. The van der Waals surface area contributed by atoms with Crippen molar-refractivity contribution in [3.05, 3.63) is 58.3 Å². The molecule has 0 heterocycles. The summed E-state index contributed by atoms with van der Waals surface area (Å²) in [5.41, 5.74) is 1.71. The molecule has 0 saturated carbocycles. The number of halogens is 2. The minimum atomic E-state index is -0.397. The number of nitrogens with one attached hydrogen (secondary N) is 2. The Morgan fingerprint density at radius 1 is 1.19 bits per heavy atom. The summed E-state index contributed by atoms with van der Waals surface area (Å²) in [5, 5.41) is 5.93. The van der Waals surface area contributed by atoms with Gasteiger partial charge in [-0.15, -0.1) is 0 Å². The van der Waals surface area contributed by atoms with Gasteiger partial charge in [-0.1, -0.05) is 19.1 Å². The standard InChI is InChI=1S/C16H16BrFN2O/c1-2-9-19-14-6-4-3-5-12(14)16(21)20-15-10-11(18)7-8-13(15)17/h3-8,10,19H,2,9H2,1H3,(H,20,21). The van der Waals surface area contributed by atoms with E-state index in [1.165, 1.54) is 12.1 Å². The zero-order valence-electron chi connectivity index (χ0n) is 11.6. The fourth-order valence-corrected chi connectivity index (χ4v) is 2.22. The molecule has 21 heavy (non-hydrogen) atoms. The molecule has 5 heteroatoms. The highest BCUT2D eigenvalue weighted by molar-refractivity contribution is 9.10. The minimum absolute atomic E-state index is 0.277. The summed E-state index contributed by atoms with van der Waals surface area (Å²) < 4.78 is 13.9. The molecule has 2 rings (SSSR count). The maximum Gasteiger partial charge on any atom is 0.257 e. The SMILES string of the molecule is CCCNc1ccccc1C(=O)Nc1cc(F)ccc1Br. The van der Waals surface area contributed by atoms with Gasteiger partial charge in [0.25, 0.3) is 5.91 Å². The number of hydrogen-bond acceptors (Lipinski definition) is 2. The summed E-state index contributed by atoms with van der Waals surface area (Å²) in [7, 11) is 0. The molecule has 0 saturated heterocycles. The fraction of sp³-hybridized carbons (Fsp3) is 0.188. The quantitative estimate of drug-likeness (QED) is 0.823. The number of amides is 1. The van der Waals surface area contributed by atoms with Crippen LogP contribution in [0.3, 0.4) is 0 Å². The normalized spacial score (nSPS) is 10.2. The van der Waals surface area contributed by atoms with E-state index in [0.29, 0.717) is 15.7 Å². The summed E-state index contributed by atoms with van der Waals surface area (Å²) in [5.74, 6) is -0.675. The van der Waals surface area contributed by atoms with Crippen molar-refractivity contribution in [3.8, 4) is 0 Å². The van der Waals surface area contributed by atoms with Gasteiger partial charge >= 0.3 is 0 Å². The Hall–Kier alpha value is -1.88. The lowest BCUT2D eigenvalue weighted by atomic mass is 10.1. The number of anilines is 2. The Bertz CT molecular complexity index is 646. The third-order valence-corrected chi connectivity index (χ3v) is 3.61. The van der Waals surface area contributed by atoms with Crippen LogP contribution in [0, 0.1) is 5.82 Å².